The molecule has 3 N–H and O–H groups in total. The maximum Gasteiger partial charge on any atom is 0.255 e. The molecule has 25 heavy (non-hydrogen) atoms. The standard InChI is InChI=1S/C19H23N3O2.ClH/c1-24-16-8-6-15(7-9-16)21-18-5-3-2-4-17(18)19(23)22-12-10-14(20)11-13-22;/h2-9,14,21H,10-13,20H2,1H3;1H. The van der Waals surface area contributed by atoms with E-state index >= 15 is 0 Å². The lowest BCUT2D eigenvalue weighted by molar-refractivity contribution is 0.0716. The first-order chi connectivity index (χ1) is 11.7. The van der Waals surface area contributed by atoms with Crippen molar-refractivity contribution in [3.05, 3.63) is 54.1 Å². The lowest BCUT2D eigenvalue weighted by Gasteiger charge is -2.30. The highest BCUT2D eigenvalue weighted by Gasteiger charge is 2.23. The molecule has 1 aliphatic rings. The van der Waals surface area contributed by atoms with Crippen molar-refractivity contribution in [1.82, 2.24) is 4.90 Å². The van der Waals surface area contributed by atoms with Gasteiger partial charge in [0.1, 0.15) is 5.75 Å². The van der Waals surface area contributed by atoms with Gasteiger partial charge in [-0.25, -0.2) is 0 Å². The number of halogens is 1. The second-order valence-corrected chi connectivity index (χ2v) is 6.03. The summed E-state index contributed by atoms with van der Waals surface area (Å²) in [6.45, 7) is 1.44. The molecule has 3 rings (SSSR count). The van der Waals surface area contributed by atoms with Crippen molar-refractivity contribution >= 4 is 29.7 Å². The van der Waals surface area contributed by atoms with Crippen molar-refractivity contribution in [2.45, 2.75) is 18.9 Å². The quantitative estimate of drug-likeness (QED) is 0.875. The van der Waals surface area contributed by atoms with Gasteiger partial charge in [-0.2, -0.15) is 0 Å². The van der Waals surface area contributed by atoms with Crippen LogP contribution in [0.2, 0.25) is 0 Å². The van der Waals surface area contributed by atoms with Gasteiger partial charge in [0.05, 0.1) is 18.4 Å². The SMILES string of the molecule is COc1ccc(Nc2ccccc2C(=O)N2CCC(N)CC2)cc1.Cl. The minimum Gasteiger partial charge on any atom is -0.497 e. The molecule has 1 amide bonds. The van der Waals surface area contributed by atoms with Gasteiger partial charge in [0.15, 0.2) is 0 Å². The molecule has 5 nitrogen and oxygen atoms in total. The smallest absolute Gasteiger partial charge is 0.255 e. The minimum absolute atomic E-state index is 0. The van der Waals surface area contributed by atoms with E-state index < -0.39 is 0 Å². The van der Waals surface area contributed by atoms with Gasteiger partial charge in [0, 0.05) is 24.8 Å². The molecule has 134 valence electrons. The highest BCUT2D eigenvalue weighted by Crippen LogP contribution is 2.24. The van der Waals surface area contributed by atoms with E-state index in [1.54, 1.807) is 7.11 Å². The molecule has 1 fully saturated rings. The Hall–Kier alpha value is -2.24. The van der Waals surface area contributed by atoms with E-state index in [2.05, 4.69) is 5.32 Å². The molecule has 1 heterocycles. The molecular formula is C19H24ClN3O2. The first-order valence-electron chi connectivity index (χ1n) is 8.22. The van der Waals surface area contributed by atoms with Crippen LogP contribution in [0.5, 0.6) is 5.75 Å². The van der Waals surface area contributed by atoms with Gasteiger partial charge < -0.3 is 20.7 Å². The average Bonchev–Trinajstić information content (AvgIpc) is 2.63. The number of hydrogen-bond acceptors (Lipinski definition) is 4. The number of piperidine rings is 1. The zero-order valence-electron chi connectivity index (χ0n) is 14.3. The predicted octanol–water partition coefficient (Wildman–Crippen LogP) is 3.42. The normalized spacial score (nSPS) is 14.6. The molecule has 0 aliphatic carbocycles. The van der Waals surface area contributed by atoms with Crippen LogP contribution >= 0.6 is 12.4 Å². The van der Waals surface area contributed by atoms with E-state index in [-0.39, 0.29) is 24.4 Å². The summed E-state index contributed by atoms with van der Waals surface area (Å²) in [6, 6.07) is 15.5. The molecule has 1 saturated heterocycles. The fourth-order valence-electron chi connectivity index (χ4n) is 2.88. The molecule has 0 saturated carbocycles. The van der Waals surface area contributed by atoms with Crippen LogP contribution in [0.3, 0.4) is 0 Å². The molecule has 6 heteroatoms. The number of methoxy groups -OCH3 is 1. The number of benzene rings is 2. The summed E-state index contributed by atoms with van der Waals surface area (Å²) in [5.41, 5.74) is 8.34. The van der Waals surface area contributed by atoms with Crippen molar-refractivity contribution in [1.29, 1.82) is 0 Å². The number of carbonyl (C=O) groups excluding carboxylic acids is 1. The maximum atomic E-state index is 12.8. The number of hydrogen-bond donors (Lipinski definition) is 2. The number of nitrogens with one attached hydrogen (secondary N) is 1. The van der Waals surface area contributed by atoms with Crippen molar-refractivity contribution in [2.24, 2.45) is 5.73 Å². The third-order valence-corrected chi connectivity index (χ3v) is 4.35. The summed E-state index contributed by atoms with van der Waals surface area (Å²) in [5, 5.41) is 3.32. The number of ether oxygens (including phenoxy) is 1. The number of nitrogens with two attached hydrogens (primary N) is 1. The summed E-state index contributed by atoms with van der Waals surface area (Å²) in [7, 11) is 1.64. The maximum absolute atomic E-state index is 12.8. The summed E-state index contributed by atoms with van der Waals surface area (Å²) in [6.07, 6.45) is 1.72. The molecule has 1 aliphatic heterocycles. The number of amides is 1. The number of nitrogens with zero attached hydrogens (tertiary/aromatic N) is 1. The van der Waals surface area contributed by atoms with Gasteiger partial charge in [-0.15, -0.1) is 12.4 Å². The third-order valence-electron chi connectivity index (χ3n) is 4.35. The second-order valence-electron chi connectivity index (χ2n) is 6.03. The molecule has 0 bridgehead atoms. The summed E-state index contributed by atoms with van der Waals surface area (Å²) < 4.78 is 5.17. The Balaban J connectivity index is 0.00000225. The van der Waals surface area contributed by atoms with E-state index in [1.807, 2.05) is 53.4 Å². The lowest BCUT2D eigenvalue weighted by atomic mass is 10.0. The van der Waals surface area contributed by atoms with Gasteiger partial charge in [-0.1, -0.05) is 12.1 Å². The molecule has 0 unspecified atom stereocenters. The lowest BCUT2D eigenvalue weighted by Crippen LogP contribution is -2.43. The van der Waals surface area contributed by atoms with Crippen molar-refractivity contribution in [3.63, 3.8) is 0 Å². The summed E-state index contributed by atoms with van der Waals surface area (Å²) in [4.78, 5) is 14.7. The molecule has 0 radical (unpaired) electrons. The molecular weight excluding hydrogens is 338 g/mol. The Morgan fingerprint density at radius 3 is 2.40 bits per heavy atom. The highest BCUT2D eigenvalue weighted by atomic mass is 35.5. The van der Waals surface area contributed by atoms with E-state index in [0.717, 1.165) is 43.1 Å². The Morgan fingerprint density at radius 1 is 1.12 bits per heavy atom. The first kappa shape index (κ1) is 19.1. The zero-order valence-corrected chi connectivity index (χ0v) is 15.1. The van der Waals surface area contributed by atoms with E-state index in [9.17, 15) is 4.79 Å². The van der Waals surface area contributed by atoms with E-state index in [1.165, 1.54) is 0 Å². The van der Waals surface area contributed by atoms with Crippen LogP contribution in [0.25, 0.3) is 0 Å². The Bertz CT molecular complexity index is 698. The number of anilines is 2. The highest BCUT2D eigenvalue weighted by molar-refractivity contribution is 6.00. The van der Waals surface area contributed by atoms with Gasteiger partial charge in [-0.3, -0.25) is 4.79 Å². The fraction of sp³-hybridized carbons (Fsp3) is 0.316. The minimum atomic E-state index is 0. The predicted molar refractivity (Wildman–Crippen MR) is 103 cm³/mol. The zero-order chi connectivity index (χ0) is 16.9. The fourth-order valence-corrected chi connectivity index (χ4v) is 2.88. The Labute approximate surface area is 154 Å². The Kier molecular flexibility index (Phi) is 6.67. The van der Waals surface area contributed by atoms with Crippen molar-refractivity contribution in [3.8, 4) is 5.75 Å². The van der Waals surface area contributed by atoms with Crippen molar-refractivity contribution in [2.75, 3.05) is 25.5 Å². The number of para-hydroxylation sites is 1. The summed E-state index contributed by atoms with van der Waals surface area (Å²) >= 11 is 0. The van der Waals surface area contributed by atoms with Crippen LogP contribution in [0.4, 0.5) is 11.4 Å². The Morgan fingerprint density at radius 2 is 1.76 bits per heavy atom. The molecule has 2 aromatic rings. The van der Waals surface area contributed by atoms with Crippen LogP contribution in [0.15, 0.2) is 48.5 Å². The molecule has 2 aromatic carbocycles. The largest absolute Gasteiger partial charge is 0.497 e. The van der Waals surface area contributed by atoms with Crippen LogP contribution in [0, 0.1) is 0 Å². The third kappa shape index (κ3) is 4.65. The van der Waals surface area contributed by atoms with Gasteiger partial charge in [0.2, 0.25) is 0 Å². The monoisotopic (exact) mass is 361 g/mol. The topological polar surface area (TPSA) is 67.6 Å². The van der Waals surface area contributed by atoms with E-state index in [0.29, 0.717) is 5.56 Å². The van der Waals surface area contributed by atoms with E-state index in [4.69, 9.17) is 10.5 Å². The van der Waals surface area contributed by atoms with Gasteiger partial charge in [0.25, 0.3) is 5.91 Å². The van der Waals surface area contributed by atoms with Gasteiger partial charge in [-0.05, 0) is 49.2 Å². The molecule has 0 spiro atoms. The number of likely N-dealkylation sites (tertiary alicyclic amines) is 1. The van der Waals surface area contributed by atoms with Crippen LogP contribution in [-0.4, -0.2) is 37.0 Å². The molecule has 0 aromatic heterocycles. The van der Waals surface area contributed by atoms with Gasteiger partial charge >= 0.3 is 0 Å². The number of carbonyl (C=O) groups is 1. The number of rotatable bonds is 4. The van der Waals surface area contributed by atoms with Crippen LogP contribution in [-0.2, 0) is 0 Å². The van der Waals surface area contributed by atoms with Crippen LogP contribution < -0.4 is 15.8 Å². The second kappa shape index (κ2) is 8.74. The van der Waals surface area contributed by atoms with Crippen molar-refractivity contribution < 1.29 is 9.53 Å². The summed E-state index contributed by atoms with van der Waals surface area (Å²) in [5.74, 6) is 0.855. The average molecular weight is 362 g/mol. The molecule has 0 atom stereocenters. The van der Waals surface area contributed by atoms with Crippen LogP contribution in [0.1, 0.15) is 23.2 Å². The first-order valence-corrected chi connectivity index (χ1v) is 8.22.